The molecule has 9 nitrogen and oxygen atoms in total. The van der Waals surface area contributed by atoms with Gasteiger partial charge in [0.1, 0.15) is 23.6 Å². The van der Waals surface area contributed by atoms with Gasteiger partial charge in [0.05, 0.1) is 44.7 Å². The molecule has 2 aliphatic heterocycles. The highest BCUT2D eigenvalue weighted by atomic mass is 16.5. The van der Waals surface area contributed by atoms with Gasteiger partial charge < -0.3 is 19.2 Å². The van der Waals surface area contributed by atoms with Crippen molar-refractivity contribution in [2.24, 2.45) is 0 Å². The number of nitriles is 1. The van der Waals surface area contributed by atoms with E-state index in [2.05, 4.69) is 38.3 Å². The van der Waals surface area contributed by atoms with Crippen LogP contribution in [-0.2, 0) is 16.0 Å². The number of rotatable bonds is 7. The Labute approximate surface area is 215 Å². The van der Waals surface area contributed by atoms with E-state index in [0.29, 0.717) is 24.5 Å². The first-order chi connectivity index (χ1) is 18.3. The lowest BCUT2D eigenvalue weighted by atomic mass is 10.0. The fourth-order valence-corrected chi connectivity index (χ4v) is 4.96. The van der Waals surface area contributed by atoms with E-state index >= 15 is 0 Å². The third-order valence-electron chi connectivity index (χ3n) is 7.12. The molecule has 37 heavy (non-hydrogen) atoms. The molecule has 2 aliphatic rings. The van der Waals surface area contributed by atoms with E-state index in [1.165, 1.54) is 0 Å². The summed E-state index contributed by atoms with van der Waals surface area (Å²) in [4.78, 5) is 10.3. The molecule has 9 heteroatoms. The smallest absolute Gasteiger partial charge is 0.137 e. The molecule has 5 heterocycles. The van der Waals surface area contributed by atoms with Gasteiger partial charge >= 0.3 is 0 Å². The topological polar surface area (TPSA) is 101 Å². The molecule has 0 unspecified atom stereocenters. The number of nitrogens with zero attached hydrogens (tertiary/aromatic N) is 5. The number of fused-ring (bicyclic) bond motifs is 1. The number of ether oxygens (including phenoxy) is 3. The molecule has 190 valence electrons. The molecule has 3 aromatic heterocycles. The van der Waals surface area contributed by atoms with Gasteiger partial charge in [0.2, 0.25) is 0 Å². The SMILES string of the molecule is N#Cc1cc(-c2c[nH]c3ncc(-c4cnn(CCN5CCOCC5)c4)cc23)ccc1OC1CCOCC1. The van der Waals surface area contributed by atoms with Gasteiger partial charge in [-0.15, -0.1) is 0 Å². The minimum atomic E-state index is 0.0846. The summed E-state index contributed by atoms with van der Waals surface area (Å²) in [5.41, 5.74) is 5.32. The van der Waals surface area contributed by atoms with Crippen LogP contribution in [0.5, 0.6) is 5.75 Å². The Bertz CT molecular complexity index is 1410. The molecular weight excluding hydrogens is 468 g/mol. The molecular formula is C28H30N6O3. The Hall–Kier alpha value is -3.71. The minimum absolute atomic E-state index is 0.0846. The van der Waals surface area contributed by atoms with Crippen molar-refractivity contribution >= 4 is 11.0 Å². The monoisotopic (exact) mass is 498 g/mol. The average molecular weight is 499 g/mol. The van der Waals surface area contributed by atoms with Crippen molar-refractivity contribution in [3.05, 3.63) is 54.6 Å². The van der Waals surface area contributed by atoms with Crippen molar-refractivity contribution in [3.63, 3.8) is 0 Å². The Morgan fingerprint density at radius 2 is 1.84 bits per heavy atom. The first kappa shape index (κ1) is 23.7. The third kappa shape index (κ3) is 5.23. The Balaban J connectivity index is 1.22. The van der Waals surface area contributed by atoms with Crippen LogP contribution in [0.2, 0.25) is 0 Å². The van der Waals surface area contributed by atoms with Crippen LogP contribution in [0.3, 0.4) is 0 Å². The summed E-state index contributed by atoms with van der Waals surface area (Å²) >= 11 is 0. The number of hydrogen-bond donors (Lipinski definition) is 1. The van der Waals surface area contributed by atoms with Gasteiger partial charge in [-0.05, 0) is 23.8 Å². The van der Waals surface area contributed by atoms with Crippen molar-refractivity contribution in [3.8, 4) is 34.1 Å². The minimum Gasteiger partial charge on any atom is -0.489 e. The lowest BCUT2D eigenvalue weighted by Gasteiger charge is -2.26. The van der Waals surface area contributed by atoms with Gasteiger partial charge in [-0.1, -0.05) is 6.07 Å². The molecule has 0 aliphatic carbocycles. The van der Waals surface area contributed by atoms with Crippen LogP contribution in [0.15, 0.2) is 49.1 Å². The van der Waals surface area contributed by atoms with Gasteiger partial charge in [0, 0.05) is 73.1 Å². The van der Waals surface area contributed by atoms with Crippen LogP contribution in [0.1, 0.15) is 18.4 Å². The number of H-pyrrole nitrogens is 1. The molecule has 0 atom stereocenters. The average Bonchev–Trinajstić information content (AvgIpc) is 3.60. The number of benzene rings is 1. The molecule has 4 aromatic rings. The highest BCUT2D eigenvalue weighted by Gasteiger charge is 2.18. The van der Waals surface area contributed by atoms with Crippen molar-refractivity contribution in [1.82, 2.24) is 24.6 Å². The first-order valence-electron chi connectivity index (χ1n) is 12.9. The summed E-state index contributed by atoms with van der Waals surface area (Å²) in [6.45, 7) is 6.74. The zero-order valence-corrected chi connectivity index (χ0v) is 20.7. The molecule has 2 fully saturated rings. The van der Waals surface area contributed by atoms with E-state index in [0.717, 1.165) is 85.5 Å². The van der Waals surface area contributed by atoms with Crippen molar-refractivity contribution in [2.75, 3.05) is 46.1 Å². The van der Waals surface area contributed by atoms with E-state index in [1.807, 2.05) is 41.5 Å². The molecule has 0 amide bonds. The molecule has 0 bridgehead atoms. The molecule has 1 aromatic carbocycles. The van der Waals surface area contributed by atoms with Crippen LogP contribution in [0.4, 0.5) is 0 Å². The molecule has 0 radical (unpaired) electrons. The van der Waals surface area contributed by atoms with Crippen molar-refractivity contribution in [1.29, 1.82) is 5.26 Å². The fourth-order valence-electron chi connectivity index (χ4n) is 4.96. The van der Waals surface area contributed by atoms with Crippen LogP contribution < -0.4 is 4.74 Å². The standard InChI is InChI=1S/C28H30N6O3/c29-15-21-13-20(1-2-27(21)37-24-3-9-35-10-4-24)26-18-31-28-25(26)14-22(16-30-28)23-17-32-34(19-23)6-5-33-7-11-36-12-8-33/h1-2,13-14,16-19,24H,3-12H2,(H,30,31). The summed E-state index contributed by atoms with van der Waals surface area (Å²) in [6, 6.07) is 10.2. The van der Waals surface area contributed by atoms with E-state index < -0.39 is 0 Å². The number of aromatic amines is 1. The van der Waals surface area contributed by atoms with Gasteiger partial charge in [0.25, 0.3) is 0 Å². The zero-order chi connectivity index (χ0) is 25.0. The second-order valence-corrected chi connectivity index (χ2v) is 9.52. The largest absolute Gasteiger partial charge is 0.489 e. The number of morpholine rings is 1. The third-order valence-corrected chi connectivity index (χ3v) is 7.12. The van der Waals surface area contributed by atoms with Crippen LogP contribution in [-0.4, -0.2) is 76.8 Å². The Kier molecular flexibility index (Phi) is 6.86. The van der Waals surface area contributed by atoms with Crippen molar-refractivity contribution < 1.29 is 14.2 Å². The molecule has 6 rings (SSSR count). The number of nitrogens with one attached hydrogen (secondary N) is 1. The van der Waals surface area contributed by atoms with Crippen LogP contribution in [0, 0.1) is 11.3 Å². The summed E-state index contributed by atoms with van der Waals surface area (Å²) in [5.74, 6) is 0.626. The molecule has 1 N–H and O–H groups in total. The highest BCUT2D eigenvalue weighted by Crippen LogP contribution is 2.34. The molecule has 0 spiro atoms. The molecule has 0 saturated carbocycles. The lowest BCUT2D eigenvalue weighted by Crippen LogP contribution is -2.38. The summed E-state index contributed by atoms with van der Waals surface area (Å²) in [5, 5.41) is 15.4. The van der Waals surface area contributed by atoms with E-state index in [9.17, 15) is 5.26 Å². The fraction of sp³-hybridized carbons (Fsp3) is 0.393. The summed E-state index contributed by atoms with van der Waals surface area (Å²) in [6.07, 6.45) is 9.55. The Morgan fingerprint density at radius 1 is 1.00 bits per heavy atom. The quantitative estimate of drug-likeness (QED) is 0.413. The zero-order valence-electron chi connectivity index (χ0n) is 20.7. The molecule has 2 saturated heterocycles. The number of aromatic nitrogens is 4. The summed E-state index contributed by atoms with van der Waals surface area (Å²) in [7, 11) is 0. The lowest BCUT2D eigenvalue weighted by molar-refractivity contribution is 0.0254. The second kappa shape index (κ2) is 10.7. The predicted octanol–water partition coefficient (Wildman–Crippen LogP) is 3.86. The highest BCUT2D eigenvalue weighted by molar-refractivity contribution is 5.96. The van der Waals surface area contributed by atoms with Crippen LogP contribution in [0.25, 0.3) is 33.3 Å². The van der Waals surface area contributed by atoms with Gasteiger partial charge in [-0.3, -0.25) is 9.58 Å². The maximum absolute atomic E-state index is 9.81. The van der Waals surface area contributed by atoms with E-state index in [-0.39, 0.29) is 6.10 Å². The predicted molar refractivity (Wildman–Crippen MR) is 139 cm³/mol. The Morgan fingerprint density at radius 3 is 2.68 bits per heavy atom. The van der Waals surface area contributed by atoms with Gasteiger partial charge in [-0.2, -0.15) is 10.4 Å². The number of hydrogen-bond acceptors (Lipinski definition) is 7. The van der Waals surface area contributed by atoms with Crippen LogP contribution >= 0.6 is 0 Å². The second-order valence-electron chi connectivity index (χ2n) is 9.52. The van der Waals surface area contributed by atoms with E-state index in [1.54, 1.807) is 0 Å². The first-order valence-corrected chi connectivity index (χ1v) is 12.9. The van der Waals surface area contributed by atoms with E-state index in [4.69, 9.17) is 14.2 Å². The van der Waals surface area contributed by atoms with Crippen molar-refractivity contribution in [2.45, 2.75) is 25.5 Å². The maximum Gasteiger partial charge on any atom is 0.137 e. The van der Waals surface area contributed by atoms with Gasteiger partial charge in [-0.25, -0.2) is 4.98 Å². The number of pyridine rings is 1. The van der Waals surface area contributed by atoms with Gasteiger partial charge in [0.15, 0.2) is 0 Å². The normalized spacial score (nSPS) is 17.2. The maximum atomic E-state index is 9.81. The summed E-state index contributed by atoms with van der Waals surface area (Å²) < 4.78 is 19.0.